The summed E-state index contributed by atoms with van der Waals surface area (Å²) in [4.78, 5) is 14.8. The van der Waals surface area contributed by atoms with Crippen LogP contribution in [0.5, 0.6) is 0 Å². The Bertz CT molecular complexity index is 3260. The lowest BCUT2D eigenvalue weighted by molar-refractivity contribution is 0.669. The number of rotatable bonds is 5. The third-order valence-corrected chi connectivity index (χ3v) is 8.93. The number of hydrogen-bond donors (Lipinski definition) is 0. The van der Waals surface area contributed by atoms with Crippen molar-refractivity contribution in [2.75, 3.05) is 0 Å². The van der Waals surface area contributed by atoms with Crippen LogP contribution in [0.2, 0.25) is 0 Å². The molecule has 0 aliphatic rings. The molecule has 3 heterocycles. The molecule has 0 aliphatic heterocycles. The van der Waals surface area contributed by atoms with Crippen LogP contribution in [0, 0.1) is 0 Å². The molecule has 0 aliphatic carbocycles. The first-order valence-electron chi connectivity index (χ1n) is 19.6. The molecule has 3 aromatic heterocycles. The summed E-state index contributed by atoms with van der Waals surface area (Å²) in [5, 5.41) is 1.92. The predicted octanol–water partition coefficient (Wildman–Crippen LogP) is 11.5. The second kappa shape index (κ2) is 11.4. The summed E-state index contributed by atoms with van der Waals surface area (Å²) in [6.45, 7) is 0. The molecule has 7 aromatic carbocycles. The number of benzene rings is 7. The van der Waals surface area contributed by atoms with Gasteiger partial charge < -0.3 is 8.98 Å². The Morgan fingerprint density at radius 1 is 0.460 bits per heavy atom. The summed E-state index contributed by atoms with van der Waals surface area (Å²) >= 11 is 0. The van der Waals surface area contributed by atoms with Gasteiger partial charge in [0.05, 0.1) is 26.2 Å². The van der Waals surface area contributed by atoms with Gasteiger partial charge in [-0.25, -0.2) is 15.0 Å². The van der Waals surface area contributed by atoms with E-state index in [0.29, 0.717) is 28.0 Å². The second-order valence-corrected chi connectivity index (χ2v) is 11.9. The highest BCUT2D eigenvalue weighted by Crippen LogP contribution is 2.37. The van der Waals surface area contributed by atoms with E-state index in [0.717, 1.165) is 21.9 Å². The third kappa shape index (κ3) is 4.60. The highest BCUT2D eigenvalue weighted by atomic mass is 16.3. The molecule has 10 aromatic rings. The van der Waals surface area contributed by atoms with Crippen LogP contribution in [-0.2, 0) is 0 Å². The van der Waals surface area contributed by atoms with Gasteiger partial charge in [0.2, 0.25) is 0 Å². The number of hydrogen-bond acceptors (Lipinski definition) is 4. The Morgan fingerprint density at radius 3 is 1.94 bits per heavy atom. The van der Waals surface area contributed by atoms with E-state index in [1.165, 1.54) is 0 Å². The van der Waals surface area contributed by atoms with Crippen LogP contribution < -0.4 is 0 Å². The zero-order chi connectivity index (χ0) is 39.1. The molecule has 0 bridgehead atoms. The maximum Gasteiger partial charge on any atom is 0.167 e. The molecular formula is C45H28N4O. The van der Waals surface area contributed by atoms with E-state index in [-0.39, 0.29) is 75.1 Å². The van der Waals surface area contributed by atoms with Crippen LogP contribution in [0.3, 0.4) is 0 Å². The Hall–Kier alpha value is -6.85. The van der Waals surface area contributed by atoms with Gasteiger partial charge in [-0.3, -0.25) is 0 Å². The minimum absolute atomic E-state index is 0.0231. The lowest BCUT2D eigenvalue weighted by atomic mass is 10.0. The van der Waals surface area contributed by atoms with Crippen LogP contribution in [0.15, 0.2) is 174 Å². The maximum absolute atomic E-state index is 9.80. The van der Waals surface area contributed by atoms with Crippen LogP contribution >= 0.6 is 0 Å². The van der Waals surface area contributed by atoms with Crippen molar-refractivity contribution in [3.8, 4) is 51.0 Å². The summed E-state index contributed by atoms with van der Waals surface area (Å²) < 4.78 is 71.5. The number of fused-ring (bicyclic) bond motifs is 6. The van der Waals surface area contributed by atoms with Gasteiger partial charge in [0, 0.05) is 38.4 Å². The zero-order valence-electron chi connectivity index (χ0n) is 33.3. The number of nitrogens with zero attached hydrogens (tertiary/aromatic N) is 4. The number of furan rings is 1. The maximum atomic E-state index is 9.80. The van der Waals surface area contributed by atoms with Crippen molar-refractivity contribution in [1.82, 2.24) is 19.5 Å². The Morgan fingerprint density at radius 2 is 1.10 bits per heavy atom. The van der Waals surface area contributed by atoms with E-state index in [4.69, 9.17) is 24.9 Å². The van der Waals surface area contributed by atoms with Crippen LogP contribution in [0.1, 0.15) is 9.60 Å². The molecule has 0 unspecified atom stereocenters. The van der Waals surface area contributed by atoms with Gasteiger partial charge in [0.1, 0.15) is 11.2 Å². The van der Waals surface area contributed by atoms with E-state index >= 15 is 0 Å². The quantitative estimate of drug-likeness (QED) is 0.186. The monoisotopic (exact) mass is 647 g/mol. The van der Waals surface area contributed by atoms with Gasteiger partial charge in [-0.1, -0.05) is 133 Å². The largest absolute Gasteiger partial charge is 0.455 e. The molecule has 5 heteroatoms. The van der Waals surface area contributed by atoms with Gasteiger partial charge in [-0.2, -0.15) is 0 Å². The minimum atomic E-state index is -0.467. The normalized spacial score (nSPS) is 13.6. The Labute approximate surface area is 297 Å². The first kappa shape index (κ1) is 21.9. The summed E-state index contributed by atoms with van der Waals surface area (Å²) in [6, 6.07) is 37.6. The fourth-order valence-electron chi connectivity index (χ4n) is 6.56. The Kier molecular flexibility index (Phi) is 4.99. The topological polar surface area (TPSA) is 56.7 Å². The van der Waals surface area contributed by atoms with E-state index in [9.17, 15) is 4.11 Å². The molecule has 10 rings (SSSR count). The molecule has 0 atom stereocenters. The van der Waals surface area contributed by atoms with Gasteiger partial charge in [0.15, 0.2) is 17.5 Å². The summed E-state index contributed by atoms with van der Waals surface area (Å²) in [5.74, 6) is 0.488. The molecule has 0 spiro atoms. The van der Waals surface area contributed by atoms with Gasteiger partial charge in [0.25, 0.3) is 0 Å². The van der Waals surface area contributed by atoms with Gasteiger partial charge >= 0.3 is 0 Å². The van der Waals surface area contributed by atoms with Gasteiger partial charge in [-0.05, 0) is 47.5 Å². The highest BCUT2D eigenvalue weighted by molar-refractivity contribution is 6.11. The zero-order valence-corrected chi connectivity index (χ0v) is 26.3. The first-order chi connectivity index (χ1) is 27.7. The highest BCUT2D eigenvalue weighted by Gasteiger charge is 2.19. The van der Waals surface area contributed by atoms with E-state index in [1.807, 2.05) is 103 Å². The number of aromatic nitrogens is 4. The van der Waals surface area contributed by atoms with Crippen molar-refractivity contribution in [1.29, 1.82) is 0 Å². The fraction of sp³-hybridized carbons (Fsp3) is 0. The molecule has 0 radical (unpaired) electrons. The molecule has 0 N–H and O–H groups in total. The molecule has 50 heavy (non-hydrogen) atoms. The van der Waals surface area contributed by atoms with Crippen LogP contribution in [-0.4, -0.2) is 19.5 Å². The lowest BCUT2D eigenvalue weighted by Gasteiger charge is -2.11. The first-order valence-corrected chi connectivity index (χ1v) is 16.1. The molecule has 0 fully saturated rings. The van der Waals surface area contributed by atoms with Crippen molar-refractivity contribution in [2.24, 2.45) is 0 Å². The van der Waals surface area contributed by atoms with Crippen LogP contribution in [0.25, 0.3) is 94.7 Å². The SMILES string of the molecule is [2H]c1c([2H])c([2H])c2c(c1[2H])c1c([2H])c([2H])c(-c3nc(-c4ccc(-c5ccccc5)cc4)nc(-c4cccc5c4oc4ccccc45)n3)c([2H])c1n2-c1ccccc1. The average Bonchev–Trinajstić information content (AvgIpc) is 3.82. The standard InChI is InChI=1S/C45H28N4O/c1-3-12-29(13-4-1)30-22-24-31(25-23-30)43-46-44(48-45(47-43)38-19-11-18-37-36-17-8-10-21-41(36)50-42(37)38)32-26-27-35-34-16-7-9-20-39(34)49(40(35)28-32)33-14-5-2-6-15-33/h1-28H/i7D,9D,16D,20D,26D,27D,28D. The summed E-state index contributed by atoms with van der Waals surface area (Å²) in [7, 11) is 0. The van der Waals surface area contributed by atoms with E-state index in [2.05, 4.69) is 0 Å². The van der Waals surface area contributed by atoms with Crippen LogP contribution in [0.4, 0.5) is 0 Å². The molecule has 0 amide bonds. The minimum Gasteiger partial charge on any atom is -0.455 e. The van der Waals surface area contributed by atoms with E-state index in [1.54, 1.807) is 28.8 Å². The average molecular weight is 648 g/mol. The molecule has 0 saturated heterocycles. The van der Waals surface area contributed by atoms with Crippen molar-refractivity contribution in [3.05, 3.63) is 170 Å². The third-order valence-electron chi connectivity index (χ3n) is 8.93. The summed E-state index contributed by atoms with van der Waals surface area (Å²) in [5.41, 5.74) is 5.23. The summed E-state index contributed by atoms with van der Waals surface area (Å²) in [6.07, 6.45) is 0. The molecule has 5 nitrogen and oxygen atoms in total. The van der Waals surface area contributed by atoms with Crippen molar-refractivity contribution in [3.63, 3.8) is 0 Å². The van der Waals surface area contributed by atoms with Crippen molar-refractivity contribution in [2.45, 2.75) is 0 Å². The predicted molar refractivity (Wildman–Crippen MR) is 203 cm³/mol. The van der Waals surface area contributed by atoms with Gasteiger partial charge in [-0.15, -0.1) is 0 Å². The second-order valence-electron chi connectivity index (χ2n) is 11.9. The smallest absolute Gasteiger partial charge is 0.167 e. The van der Waals surface area contributed by atoms with Crippen molar-refractivity contribution < 1.29 is 14.0 Å². The van der Waals surface area contributed by atoms with Crippen molar-refractivity contribution >= 4 is 43.7 Å². The van der Waals surface area contributed by atoms with E-state index < -0.39 is 12.1 Å². The Balaban J connectivity index is 1.29. The number of para-hydroxylation sites is 4. The fourth-order valence-corrected chi connectivity index (χ4v) is 6.56. The molecule has 234 valence electrons. The lowest BCUT2D eigenvalue weighted by Crippen LogP contribution is -2.01. The molecule has 0 saturated carbocycles. The molecular weight excluding hydrogens is 613 g/mol.